The molecular weight excluding hydrogens is 432 g/mol. The highest BCUT2D eigenvalue weighted by molar-refractivity contribution is 6.30. The van der Waals surface area contributed by atoms with Gasteiger partial charge in [0.1, 0.15) is 11.7 Å². The molecule has 6 nitrogen and oxygen atoms in total. The van der Waals surface area contributed by atoms with Crippen molar-refractivity contribution in [2.24, 2.45) is 23.7 Å². The van der Waals surface area contributed by atoms with E-state index in [-0.39, 0.29) is 17.8 Å². The third-order valence-electron chi connectivity index (χ3n) is 8.12. The summed E-state index contributed by atoms with van der Waals surface area (Å²) < 4.78 is 5.37. The average molecular weight is 475 g/mol. The van der Waals surface area contributed by atoms with E-state index >= 15 is 0 Å². The van der Waals surface area contributed by atoms with Crippen LogP contribution in [0.5, 0.6) is 0 Å². The Kier molecular flexibility index (Phi) is 10.5. The summed E-state index contributed by atoms with van der Waals surface area (Å²) in [6.07, 6.45) is 15.6. The summed E-state index contributed by atoms with van der Waals surface area (Å²) in [5, 5.41) is 9.51. The fourth-order valence-corrected chi connectivity index (χ4v) is 5.72. The zero-order valence-electron chi connectivity index (χ0n) is 20.9. The summed E-state index contributed by atoms with van der Waals surface area (Å²) in [4.78, 5) is 42.5. The lowest BCUT2D eigenvalue weighted by Crippen LogP contribution is -2.30. The van der Waals surface area contributed by atoms with Crippen molar-refractivity contribution in [3.63, 3.8) is 0 Å². The number of rotatable bonds is 11. The number of ether oxygens (including phenoxy) is 1. The van der Waals surface area contributed by atoms with Crippen LogP contribution in [0.1, 0.15) is 97.3 Å². The smallest absolute Gasteiger partial charge is 0.342 e. The number of carbonyl (C=O) groups excluding carboxylic acids is 3. The van der Waals surface area contributed by atoms with Crippen LogP contribution in [0.15, 0.2) is 23.3 Å². The van der Waals surface area contributed by atoms with Crippen molar-refractivity contribution in [1.29, 1.82) is 0 Å². The van der Waals surface area contributed by atoms with Gasteiger partial charge < -0.3 is 4.74 Å². The number of hydrogen-bond donors (Lipinski definition) is 1. The number of carbonyl (C=O) groups is 3. The van der Waals surface area contributed by atoms with E-state index in [1.54, 1.807) is 0 Å². The monoisotopic (exact) mass is 474 g/mol. The van der Waals surface area contributed by atoms with Gasteiger partial charge in [-0.3, -0.25) is 14.8 Å². The van der Waals surface area contributed by atoms with Gasteiger partial charge in [0.25, 0.3) is 0 Å². The van der Waals surface area contributed by atoms with Crippen molar-refractivity contribution in [3.05, 3.63) is 23.3 Å². The molecule has 34 heavy (non-hydrogen) atoms. The summed E-state index contributed by atoms with van der Waals surface area (Å²) in [7, 11) is 0. The minimum absolute atomic E-state index is 0.121. The van der Waals surface area contributed by atoms with Gasteiger partial charge in [0.05, 0.1) is 6.61 Å². The molecule has 0 aliphatic heterocycles. The van der Waals surface area contributed by atoms with Crippen LogP contribution in [0, 0.1) is 23.7 Å². The Morgan fingerprint density at radius 3 is 2.24 bits per heavy atom. The second-order valence-electron chi connectivity index (χ2n) is 10.8. The van der Waals surface area contributed by atoms with Gasteiger partial charge in [-0.05, 0) is 49.0 Å². The van der Waals surface area contributed by atoms with Crippen molar-refractivity contribution < 1.29 is 29.3 Å². The minimum Gasteiger partial charge on any atom is -0.462 e. The SMILES string of the molecule is CCCCCC1CCC(CC(OO)C2=CC(=O)C(C(=O)OCC3CCC(C)CC3)=CC2=O)CC1. The maximum Gasteiger partial charge on any atom is 0.342 e. The lowest BCUT2D eigenvalue weighted by Gasteiger charge is -2.30. The molecule has 3 aliphatic carbocycles. The number of esters is 1. The fraction of sp³-hybridized carbons (Fsp3) is 0.750. The van der Waals surface area contributed by atoms with Gasteiger partial charge in [-0.25, -0.2) is 9.68 Å². The van der Waals surface area contributed by atoms with Crippen LogP contribution in [-0.2, 0) is 24.0 Å². The molecule has 1 unspecified atom stereocenters. The molecule has 3 rings (SSSR count). The number of ketones is 2. The molecule has 0 aromatic heterocycles. The summed E-state index contributed by atoms with van der Waals surface area (Å²) >= 11 is 0. The quantitative estimate of drug-likeness (QED) is 0.0987. The van der Waals surface area contributed by atoms with Gasteiger partial charge in [-0.15, -0.1) is 0 Å². The Hall–Kier alpha value is -1.79. The van der Waals surface area contributed by atoms with Crippen molar-refractivity contribution in [2.45, 2.75) is 103 Å². The Labute approximate surface area is 204 Å². The van der Waals surface area contributed by atoms with Crippen LogP contribution in [0.3, 0.4) is 0 Å². The highest BCUT2D eigenvalue weighted by Crippen LogP contribution is 2.36. The Bertz CT molecular complexity index is 766. The van der Waals surface area contributed by atoms with Crippen LogP contribution in [0.2, 0.25) is 0 Å². The first-order chi connectivity index (χ1) is 16.4. The Morgan fingerprint density at radius 1 is 0.941 bits per heavy atom. The van der Waals surface area contributed by atoms with Gasteiger partial charge >= 0.3 is 5.97 Å². The molecule has 0 spiro atoms. The first-order valence-corrected chi connectivity index (χ1v) is 13.4. The molecular formula is C28H42O6. The number of allylic oxidation sites excluding steroid dienone is 2. The minimum atomic E-state index is -0.851. The second-order valence-corrected chi connectivity index (χ2v) is 10.8. The molecule has 3 aliphatic rings. The van der Waals surface area contributed by atoms with E-state index in [0.29, 0.717) is 24.2 Å². The zero-order chi connectivity index (χ0) is 24.5. The van der Waals surface area contributed by atoms with Gasteiger partial charge in [0.2, 0.25) is 0 Å². The topological polar surface area (TPSA) is 89.9 Å². The van der Waals surface area contributed by atoms with Crippen molar-refractivity contribution in [3.8, 4) is 0 Å². The molecule has 6 heteroatoms. The predicted octanol–water partition coefficient (Wildman–Crippen LogP) is 6.00. The molecule has 2 saturated carbocycles. The molecule has 1 N–H and O–H groups in total. The van der Waals surface area contributed by atoms with Crippen molar-refractivity contribution >= 4 is 17.5 Å². The fourth-order valence-electron chi connectivity index (χ4n) is 5.72. The van der Waals surface area contributed by atoms with Crippen LogP contribution in [0.4, 0.5) is 0 Å². The van der Waals surface area contributed by atoms with E-state index in [2.05, 4.69) is 18.7 Å². The molecule has 0 aromatic rings. The van der Waals surface area contributed by atoms with E-state index in [9.17, 15) is 19.6 Å². The van der Waals surface area contributed by atoms with E-state index < -0.39 is 23.6 Å². The molecule has 0 saturated heterocycles. The molecule has 0 radical (unpaired) electrons. The predicted molar refractivity (Wildman–Crippen MR) is 130 cm³/mol. The molecule has 0 aromatic carbocycles. The normalized spacial score (nSPS) is 28.8. The van der Waals surface area contributed by atoms with E-state index in [1.807, 2.05) is 0 Å². The number of hydrogen-bond acceptors (Lipinski definition) is 6. The van der Waals surface area contributed by atoms with Crippen LogP contribution in [-0.4, -0.2) is 35.5 Å². The molecule has 0 heterocycles. The summed E-state index contributed by atoms with van der Waals surface area (Å²) in [6.45, 7) is 4.73. The third kappa shape index (κ3) is 7.61. The summed E-state index contributed by atoms with van der Waals surface area (Å²) in [6, 6.07) is 0. The van der Waals surface area contributed by atoms with E-state index in [1.165, 1.54) is 25.7 Å². The standard InChI is InChI=1S/C28H42O6/c1-3-4-5-6-20-11-13-21(14-12-20)15-27(34-32)23-16-26(30)24(17-25(23)29)28(31)33-18-22-9-7-19(2)8-10-22/h16-17,19-22,27,32H,3-15,18H2,1-2H3. The first kappa shape index (κ1) is 26.8. The molecule has 2 fully saturated rings. The maximum atomic E-state index is 12.7. The van der Waals surface area contributed by atoms with Crippen LogP contribution >= 0.6 is 0 Å². The summed E-state index contributed by atoms with van der Waals surface area (Å²) in [5.41, 5.74) is -0.113. The number of unbranched alkanes of at least 4 members (excludes halogenated alkanes) is 2. The van der Waals surface area contributed by atoms with E-state index in [4.69, 9.17) is 4.74 Å². The second kappa shape index (κ2) is 13.3. The largest absolute Gasteiger partial charge is 0.462 e. The van der Waals surface area contributed by atoms with Crippen LogP contribution in [0.25, 0.3) is 0 Å². The van der Waals surface area contributed by atoms with Crippen LogP contribution < -0.4 is 0 Å². The van der Waals surface area contributed by atoms with Gasteiger partial charge in [-0.1, -0.05) is 78.1 Å². The van der Waals surface area contributed by atoms with Gasteiger partial charge in [-0.2, -0.15) is 0 Å². The molecule has 1 atom stereocenters. The van der Waals surface area contributed by atoms with E-state index in [0.717, 1.165) is 69.4 Å². The van der Waals surface area contributed by atoms with Crippen molar-refractivity contribution in [2.75, 3.05) is 6.61 Å². The first-order valence-electron chi connectivity index (χ1n) is 13.4. The summed E-state index contributed by atoms with van der Waals surface area (Å²) in [5.74, 6) is 0.367. The lowest BCUT2D eigenvalue weighted by molar-refractivity contribution is -0.271. The maximum absolute atomic E-state index is 12.7. The lowest BCUT2D eigenvalue weighted by atomic mass is 9.76. The molecule has 0 amide bonds. The highest BCUT2D eigenvalue weighted by Gasteiger charge is 2.33. The molecule has 190 valence electrons. The van der Waals surface area contributed by atoms with Gasteiger partial charge in [0, 0.05) is 11.6 Å². The average Bonchev–Trinajstić information content (AvgIpc) is 2.84. The third-order valence-corrected chi connectivity index (χ3v) is 8.12. The Balaban J connectivity index is 1.49. The zero-order valence-corrected chi connectivity index (χ0v) is 20.9. The highest BCUT2D eigenvalue weighted by atomic mass is 17.1. The van der Waals surface area contributed by atoms with Gasteiger partial charge in [0.15, 0.2) is 11.6 Å². The Morgan fingerprint density at radius 2 is 1.59 bits per heavy atom. The molecule has 0 bridgehead atoms. The van der Waals surface area contributed by atoms with Crippen molar-refractivity contribution in [1.82, 2.24) is 0 Å².